The van der Waals surface area contributed by atoms with Gasteiger partial charge in [-0.1, -0.05) is 30.3 Å². The Balaban J connectivity index is 1.67. The topological polar surface area (TPSA) is 69.0 Å². The fourth-order valence-corrected chi connectivity index (χ4v) is 2.84. The van der Waals surface area contributed by atoms with Crippen molar-refractivity contribution >= 4 is 22.9 Å². The molecular weight excluding hydrogens is 312 g/mol. The number of methoxy groups -OCH3 is 1. The highest BCUT2D eigenvalue weighted by molar-refractivity contribution is 7.17. The number of ether oxygens (including phenoxy) is 1. The fraction of sp³-hybridized carbons (Fsp3) is 0.188. The maximum Gasteiger partial charge on any atom is 0.267 e. The lowest BCUT2D eigenvalue weighted by Crippen LogP contribution is -2.09. The van der Waals surface area contributed by atoms with E-state index >= 15 is 0 Å². The zero-order valence-electron chi connectivity index (χ0n) is 12.6. The second-order valence-electron chi connectivity index (χ2n) is 4.83. The molecule has 0 aliphatic heterocycles. The summed E-state index contributed by atoms with van der Waals surface area (Å²) in [5, 5.41) is 7.82. The lowest BCUT2D eigenvalue weighted by molar-refractivity contribution is 0.103. The average molecular weight is 328 g/mol. The highest BCUT2D eigenvalue weighted by Gasteiger charge is 2.12. The molecule has 118 valence electrons. The summed E-state index contributed by atoms with van der Waals surface area (Å²) in [7, 11) is 1.64. The number of amides is 1. The molecule has 2 heterocycles. The van der Waals surface area contributed by atoms with Crippen LogP contribution in [0.2, 0.25) is 0 Å². The Hall–Kier alpha value is -2.51. The lowest BCUT2D eigenvalue weighted by atomic mass is 10.2. The highest BCUT2D eigenvalue weighted by atomic mass is 32.1. The van der Waals surface area contributed by atoms with Gasteiger partial charge < -0.3 is 10.1 Å². The van der Waals surface area contributed by atoms with Gasteiger partial charge in [0.2, 0.25) is 0 Å². The number of hydrogen-bond acceptors (Lipinski definition) is 5. The zero-order chi connectivity index (χ0) is 16.1. The molecular formula is C16H16N4O2S. The first-order valence-corrected chi connectivity index (χ1v) is 7.92. The van der Waals surface area contributed by atoms with Crippen LogP contribution in [0.25, 0.3) is 10.6 Å². The van der Waals surface area contributed by atoms with Crippen molar-refractivity contribution in [1.29, 1.82) is 0 Å². The number of thiazole rings is 1. The number of aromatic nitrogens is 3. The lowest BCUT2D eigenvalue weighted by Gasteiger charge is -2.00. The Morgan fingerprint density at radius 3 is 2.91 bits per heavy atom. The normalized spacial score (nSPS) is 10.7. The Morgan fingerprint density at radius 2 is 2.13 bits per heavy atom. The van der Waals surface area contributed by atoms with Crippen molar-refractivity contribution in [2.75, 3.05) is 19.0 Å². The van der Waals surface area contributed by atoms with Gasteiger partial charge in [0.25, 0.3) is 5.91 Å². The van der Waals surface area contributed by atoms with E-state index in [1.54, 1.807) is 30.4 Å². The number of carbonyl (C=O) groups is 1. The molecule has 0 unspecified atom stereocenters. The zero-order valence-corrected chi connectivity index (χ0v) is 13.4. The second kappa shape index (κ2) is 7.17. The highest BCUT2D eigenvalue weighted by Crippen LogP contribution is 2.25. The largest absolute Gasteiger partial charge is 0.383 e. The number of hydrogen-bond donors (Lipinski definition) is 1. The quantitative estimate of drug-likeness (QED) is 0.755. The summed E-state index contributed by atoms with van der Waals surface area (Å²) in [6.45, 7) is 1.22. The minimum atomic E-state index is -0.184. The van der Waals surface area contributed by atoms with Gasteiger partial charge in [-0.15, -0.1) is 11.3 Å². The summed E-state index contributed by atoms with van der Waals surface area (Å²) < 4.78 is 6.72. The molecule has 0 fully saturated rings. The van der Waals surface area contributed by atoms with Crippen molar-refractivity contribution in [2.45, 2.75) is 6.54 Å². The van der Waals surface area contributed by atoms with Crippen LogP contribution in [0.1, 0.15) is 9.67 Å². The van der Waals surface area contributed by atoms with E-state index < -0.39 is 0 Å². The molecule has 0 radical (unpaired) electrons. The van der Waals surface area contributed by atoms with Gasteiger partial charge in [0.1, 0.15) is 9.88 Å². The number of rotatable bonds is 6. The molecule has 0 aliphatic rings. The van der Waals surface area contributed by atoms with Crippen molar-refractivity contribution in [1.82, 2.24) is 14.8 Å². The van der Waals surface area contributed by atoms with Crippen molar-refractivity contribution in [3.63, 3.8) is 0 Å². The third-order valence-electron chi connectivity index (χ3n) is 3.17. The van der Waals surface area contributed by atoms with Crippen LogP contribution in [0.15, 0.2) is 48.9 Å². The number of nitrogens with one attached hydrogen (secondary N) is 1. The van der Waals surface area contributed by atoms with Crippen LogP contribution in [0.5, 0.6) is 0 Å². The molecule has 2 aromatic heterocycles. The first kappa shape index (κ1) is 15.4. The van der Waals surface area contributed by atoms with Crippen LogP contribution < -0.4 is 5.32 Å². The molecule has 1 N–H and O–H groups in total. The standard InChI is InChI=1S/C16H16N4O2S/c1-22-8-7-20-11-13(9-18-20)19-15(21)14-10-17-16(23-14)12-5-3-2-4-6-12/h2-6,9-11H,7-8H2,1H3,(H,19,21). The van der Waals surface area contributed by atoms with Crippen LogP contribution in [0.4, 0.5) is 5.69 Å². The van der Waals surface area contributed by atoms with Crippen LogP contribution in [-0.2, 0) is 11.3 Å². The number of nitrogens with zero attached hydrogens (tertiary/aromatic N) is 3. The summed E-state index contributed by atoms with van der Waals surface area (Å²) in [6, 6.07) is 9.79. The van der Waals surface area contributed by atoms with Gasteiger partial charge in [0.15, 0.2) is 0 Å². The fourth-order valence-electron chi connectivity index (χ4n) is 2.02. The van der Waals surface area contributed by atoms with Crippen molar-refractivity contribution < 1.29 is 9.53 Å². The maximum absolute atomic E-state index is 12.3. The van der Waals surface area contributed by atoms with E-state index in [4.69, 9.17) is 4.74 Å². The molecule has 1 amide bonds. The number of anilines is 1. The third-order valence-corrected chi connectivity index (χ3v) is 4.21. The minimum Gasteiger partial charge on any atom is -0.383 e. The summed E-state index contributed by atoms with van der Waals surface area (Å²) in [4.78, 5) is 17.2. The predicted octanol–water partition coefficient (Wildman–Crippen LogP) is 2.91. The molecule has 1 aromatic carbocycles. The average Bonchev–Trinajstić information content (AvgIpc) is 3.23. The Kier molecular flexibility index (Phi) is 4.80. The van der Waals surface area contributed by atoms with Crippen LogP contribution in [0.3, 0.4) is 0 Å². The minimum absolute atomic E-state index is 0.184. The number of carbonyl (C=O) groups excluding carboxylic acids is 1. The van der Waals surface area contributed by atoms with E-state index in [1.165, 1.54) is 11.3 Å². The molecule has 0 bridgehead atoms. The van der Waals surface area contributed by atoms with Crippen molar-refractivity contribution in [3.05, 3.63) is 53.8 Å². The van der Waals surface area contributed by atoms with E-state index in [2.05, 4.69) is 15.4 Å². The molecule has 0 aliphatic carbocycles. The Morgan fingerprint density at radius 1 is 1.30 bits per heavy atom. The SMILES string of the molecule is COCCn1cc(NC(=O)c2cnc(-c3ccccc3)s2)cn1. The van der Waals surface area contributed by atoms with E-state index in [9.17, 15) is 4.79 Å². The maximum atomic E-state index is 12.3. The van der Waals surface area contributed by atoms with Crippen LogP contribution >= 0.6 is 11.3 Å². The van der Waals surface area contributed by atoms with E-state index in [0.29, 0.717) is 23.7 Å². The molecule has 3 rings (SSSR count). The van der Waals surface area contributed by atoms with Gasteiger partial charge in [0, 0.05) is 18.9 Å². The first-order chi connectivity index (χ1) is 11.3. The van der Waals surface area contributed by atoms with Crippen LogP contribution in [0, 0.1) is 0 Å². The Labute approximate surface area is 137 Å². The predicted molar refractivity (Wildman–Crippen MR) is 89.6 cm³/mol. The molecule has 23 heavy (non-hydrogen) atoms. The summed E-state index contributed by atoms with van der Waals surface area (Å²) >= 11 is 1.36. The van der Waals surface area contributed by atoms with Crippen LogP contribution in [-0.4, -0.2) is 34.4 Å². The van der Waals surface area contributed by atoms with Crippen molar-refractivity contribution in [3.8, 4) is 10.6 Å². The summed E-state index contributed by atoms with van der Waals surface area (Å²) in [5.41, 5.74) is 1.66. The van der Waals surface area contributed by atoms with Crippen molar-refractivity contribution in [2.24, 2.45) is 0 Å². The smallest absolute Gasteiger partial charge is 0.267 e. The van der Waals surface area contributed by atoms with Gasteiger partial charge in [-0.25, -0.2) is 4.98 Å². The molecule has 0 atom stereocenters. The Bertz CT molecular complexity index is 782. The molecule has 0 spiro atoms. The molecule has 3 aromatic rings. The molecule has 0 saturated carbocycles. The van der Waals surface area contributed by atoms with E-state index in [-0.39, 0.29) is 5.91 Å². The monoisotopic (exact) mass is 328 g/mol. The molecule has 7 heteroatoms. The second-order valence-corrected chi connectivity index (χ2v) is 5.87. The van der Waals surface area contributed by atoms with Gasteiger partial charge in [-0.3, -0.25) is 9.48 Å². The van der Waals surface area contributed by atoms with Gasteiger partial charge in [0.05, 0.1) is 31.2 Å². The summed E-state index contributed by atoms with van der Waals surface area (Å²) in [5.74, 6) is -0.184. The van der Waals surface area contributed by atoms with E-state index in [0.717, 1.165) is 10.6 Å². The molecule has 6 nitrogen and oxygen atoms in total. The van der Waals surface area contributed by atoms with Gasteiger partial charge in [-0.2, -0.15) is 5.10 Å². The summed E-state index contributed by atoms with van der Waals surface area (Å²) in [6.07, 6.45) is 4.99. The third kappa shape index (κ3) is 3.82. The van der Waals surface area contributed by atoms with E-state index in [1.807, 2.05) is 30.3 Å². The number of benzene rings is 1. The van der Waals surface area contributed by atoms with Gasteiger partial charge >= 0.3 is 0 Å². The van der Waals surface area contributed by atoms with Gasteiger partial charge in [-0.05, 0) is 0 Å². The molecule has 0 saturated heterocycles. The first-order valence-electron chi connectivity index (χ1n) is 7.10.